The molecule has 1 aliphatic heterocycles. The molecular formula is C20H33N5O3. The normalized spacial score (nSPS) is 15.2. The lowest BCUT2D eigenvalue weighted by atomic mass is 10.2. The van der Waals surface area contributed by atoms with E-state index in [1.165, 1.54) is 10.5 Å². The Bertz CT molecular complexity index is 613. The molecule has 1 heterocycles. The molecule has 1 saturated heterocycles. The standard InChI is InChI=1S/C20H33N5O3/c1-17-4-6-18(7-5-17)28-13-9-22-20(23-16-19(26)24(2)3)21-8-10-25-11-14-27-15-12-25/h4-7H,8-16H2,1-3H3,(H2,21,22,23). The maximum Gasteiger partial charge on any atom is 0.243 e. The number of nitrogens with zero attached hydrogens (tertiary/aromatic N) is 3. The average molecular weight is 392 g/mol. The van der Waals surface area contributed by atoms with Crippen molar-refractivity contribution in [3.8, 4) is 5.75 Å². The van der Waals surface area contributed by atoms with Crippen LogP contribution in [0.2, 0.25) is 0 Å². The number of benzene rings is 1. The lowest BCUT2D eigenvalue weighted by Gasteiger charge is -2.26. The van der Waals surface area contributed by atoms with E-state index >= 15 is 0 Å². The number of hydrogen-bond donors (Lipinski definition) is 2. The Balaban J connectivity index is 1.76. The number of rotatable bonds is 9. The van der Waals surface area contributed by atoms with E-state index in [0.29, 0.717) is 19.1 Å². The Kier molecular flexibility index (Phi) is 9.57. The molecule has 2 rings (SSSR count). The van der Waals surface area contributed by atoms with Gasteiger partial charge in [0.25, 0.3) is 0 Å². The molecule has 0 atom stereocenters. The monoisotopic (exact) mass is 391 g/mol. The molecule has 0 aromatic heterocycles. The van der Waals surface area contributed by atoms with Crippen LogP contribution in [-0.4, -0.2) is 94.9 Å². The van der Waals surface area contributed by atoms with Crippen molar-refractivity contribution in [3.63, 3.8) is 0 Å². The van der Waals surface area contributed by atoms with Gasteiger partial charge in [0, 0.05) is 40.3 Å². The van der Waals surface area contributed by atoms with E-state index in [1.807, 2.05) is 31.2 Å². The first-order valence-corrected chi connectivity index (χ1v) is 9.76. The number of ether oxygens (including phenoxy) is 2. The predicted octanol–water partition coefficient (Wildman–Crippen LogP) is 0.329. The van der Waals surface area contributed by atoms with Crippen LogP contribution >= 0.6 is 0 Å². The Morgan fingerprint density at radius 1 is 1.18 bits per heavy atom. The highest BCUT2D eigenvalue weighted by Gasteiger charge is 2.10. The van der Waals surface area contributed by atoms with E-state index in [4.69, 9.17) is 9.47 Å². The minimum atomic E-state index is -0.0369. The summed E-state index contributed by atoms with van der Waals surface area (Å²) in [6.07, 6.45) is 0. The van der Waals surface area contributed by atoms with E-state index < -0.39 is 0 Å². The summed E-state index contributed by atoms with van der Waals surface area (Å²) in [5.41, 5.74) is 1.20. The van der Waals surface area contributed by atoms with Crippen LogP contribution in [-0.2, 0) is 9.53 Å². The van der Waals surface area contributed by atoms with Crippen LogP contribution in [0.4, 0.5) is 0 Å². The lowest BCUT2D eigenvalue weighted by molar-refractivity contribution is -0.127. The third kappa shape index (κ3) is 8.58. The van der Waals surface area contributed by atoms with Crippen molar-refractivity contribution >= 4 is 11.9 Å². The van der Waals surface area contributed by atoms with Crippen molar-refractivity contribution in [3.05, 3.63) is 29.8 Å². The number of aryl methyl sites for hydroxylation is 1. The largest absolute Gasteiger partial charge is 0.492 e. The molecule has 0 saturated carbocycles. The molecule has 156 valence electrons. The number of guanidine groups is 1. The van der Waals surface area contributed by atoms with Crippen molar-refractivity contribution in [2.75, 3.05) is 73.2 Å². The molecule has 8 heteroatoms. The van der Waals surface area contributed by atoms with E-state index in [1.54, 1.807) is 14.1 Å². The molecular weight excluding hydrogens is 358 g/mol. The van der Waals surface area contributed by atoms with Gasteiger partial charge in [-0.25, -0.2) is 4.99 Å². The SMILES string of the molecule is Cc1ccc(OCCNC(=NCC(=O)N(C)C)NCCN2CCOCC2)cc1. The third-order valence-electron chi connectivity index (χ3n) is 4.38. The van der Waals surface area contributed by atoms with E-state index in [9.17, 15) is 4.79 Å². The number of carbonyl (C=O) groups is 1. The topological polar surface area (TPSA) is 78.4 Å². The molecule has 0 radical (unpaired) electrons. The molecule has 0 unspecified atom stereocenters. The first-order valence-electron chi connectivity index (χ1n) is 9.76. The Morgan fingerprint density at radius 2 is 1.86 bits per heavy atom. The van der Waals surface area contributed by atoms with Crippen LogP contribution in [0.15, 0.2) is 29.3 Å². The highest BCUT2D eigenvalue weighted by atomic mass is 16.5. The number of amides is 1. The number of morpholine rings is 1. The van der Waals surface area contributed by atoms with Crippen molar-refractivity contribution in [1.29, 1.82) is 0 Å². The quantitative estimate of drug-likeness (QED) is 0.359. The fourth-order valence-electron chi connectivity index (χ4n) is 2.59. The highest BCUT2D eigenvalue weighted by Crippen LogP contribution is 2.10. The molecule has 1 amide bonds. The number of aliphatic imine (C=N–C) groups is 1. The number of hydrogen-bond acceptors (Lipinski definition) is 5. The van der Waals surface area contributed by atoms with Crippen molar-refractivity contribution < 1.29 is 14.3 Å². The zero-order valence-corrected chi connectivity index (χ0v) is 17.2. The molecule has 8 nitrogen and oxygen atoms in total. The molecule has 1 aromatic rings. The maximum atomic E-state index is 11.8. The van der Waals surface area contributed by atoms with E-state index in [-0.39, 0.29) is 12.5 Å². The zero-order chi connectivity index (χ0) is 20.2. The smallest absolute Gasteiger partial charge is 0.243 e. The summed E-state index contributed by atoms with van der Waals surface area (Å²) in [7, 11) is 3.46. The zero-order valence-electron chi connectivity index (χ0n) is 17.2. The Hall–Kier alpha value is -2.32. The summed E-state index contributed by atoms with van der Waals surface area (Å²) < 4.78 is 11.1. The second kappa shape index (κ2) is 12.2. The summed E-state index contributed by atoms with van der Waals surface area (Å²) >= 11 is 0. The summed E-state index contributed by atoms with van der Waals surface area (Å²) in [5.74, 6) is 1.43. The Labute approximate surface area is 167 Å². The predicted molar refractivity (Wildman–Crippen MR) is 111 cm³/mol. The maximum absolute atomic E-state index is 11.8. The number of carbonyl (C=O) groups excluding carboxylic acids is 1. The summed E-state index contributed by atoms with van der Waals surface area (Å²) in [6, 6.07) is 7.97. The van der Waals surface area contributed by atoms with Gasteiger partial charge in [-0.2, -0.15) is 0 Å². The average Bonchev–Trinajstić information content (AvgIpc) is 2.70. The van der Waals surface area contributed by atoms with Crippen LogP contribution in [0.5, 0.6) is 5.75 Å². The number of likely N-dealkylation sites (N-methyl/N-ethyl adjacent to an activating group) is 1. The number of nitrogens with one attached hydrogen (secondary N) is 2. The first-order chi connectivity index (χ1) is 13.5. The van der Waals surface area contributed by atoms with Gasteiger partial charge in [-0.1, -0.05) is 17.7 Å². The molecule has 0 spiro atoms. The third-order valence-corrected chi connectivity index (χ3v) is 4.38. The van der Waals surface area contributed by atoms with Crippen molar-refractivity contribution in [2.45, 2.75) is 6.92 Å². The van der Waals surface area contributed by atoms with Gasteiger partial charge in [-0.3, -0.25) is 9.69 Å². The summed E-state index contributed by atoms with van der Waals surface area (Å²) in [6.45, 7) is 8.38. The van der Waals surface area contributed by atoms with Crippen LogP contribution < -0.4 is 15.4 Å². The second-order valence-corrected chi connectivity index (χ2v) is 6.92. The lowest BCUT2D eigenvalue weighted by Crippen LogP contribution is -2.45. The van der Waals surface area contributed by atoms with Gasteiger partial charge < -0.3 is 25.0 Å². The van der Waals surface area contributed by atoms with Gasteiger partial charge in [0.2, 0.25) is 5.91 Å². The summed E-state index contributed by atoms with van der Waals surface area (Å²) in [4.78, 5) is 20.1. The fourth-order valence-corrected chi connectivity index (χ4v) is 2.59. The van der Waals surface area contributed by atoms with Crippen LogP contribution in [0.3, 0.4) is 0 Å². The molecule has 0 bridgehead atoms. The second-order valence-electron chi connectivity index (χ2n) is 6.92. The van der Waals surface area contributed by atoms with Crippen molar-refractivity contribution in [2.24, 2.45) is 4.99 Å². The Morgan fingerprint density at radius 3 is 2.54 bits per heavy atom. The molecule has 28 heavy (non-hydrogen) atoms. The van der Waals surface area contributed by atoms with Crippen molar-refractivity contribution in [1.82, 2.24) is 20.4 Å². The molecule has 2 N–H and O–H groups in total. The minimum Gasteiger partial charge on any atom is -0.492 e. The van der Waals surface area contributed by atoms with Crippen LogP contribution in [0, 0.1) is 6.92 Å². The van der Waals surface area contributed by atoms with Crippen LogP contribution in [0.25, 0.3) is 0 Å². The van der Waals surface area contributed by atoms with E-state index in [0.717, 1.165) is 45.1 Å². The van der Waals surface area contributed by atoms with Crippen LogP contribution in [0.1, 0.15) is 5.56 Å². The molecule has 1 aliphatic rings. The minimum absolute atomic E-state index is 0.0369. The van der Waals surface area contributed by atoms with Gasteiger partial charge in [0.15, 0.2) is 5.96 Å². The first kappa shape index (κ1) is 22.0. The summed E-state index contributed by atoms with van der Waals surface area (Å²) in [5, 5.41) is 6.53. The van der Waals surface area contributed by atoms with Gasteiger partial charge in [-0.15, -0.1) is 0 Å². The van der Waals surface area contributed by atoms with Gasteiger partial charge >= 0.3 is 0 Å². The molecule has 1 fully saturated rings. The fraction of sp³-hybridized carbons (Fsp3) is 0.600. The molecule has 0 aliphatic carbocycles. The van der Waals surface area contributed by atoms with Gasteiger partial charge in [0.1, 0.15) is 18.9 Å². The van der Waals surface area contributed by atoms with Gasteiger partial charge in [0.05, 0.1) is 19.8 Å². The van der Waals surface area contributed by atoms with E-state index in [2.05, 4.69) is 20.5 Å². The highest BCUT2D eigenvalue weighted by molar-refractivity contribution is 5.84. The van der Waals surface area contributed by atoms with Gasteiger partial charge in [-0.05, 0) is 19.1 Å². The molecule has 1 aromatic carbocycles.